The molecule has 1 atom stereocenters. The third kappa shape index (κ3) is 3.47. The summed E-state index contributed by atoms with van der Waals surface area (Å²) in [4.78, 5) is 2.52. The van der Waals surface area contributed by atoms with Crippen LogP contribution in [0.4, 0.5) is 0 Å². The van der Waals surface area contributed by atoms with Gasteiger partial charge in [-0.3, -0.25) is 0 Å². The monoisotopic (exact) mass is 410 g/mol. The minimum Gasteiger partial charge on any atom is -0.410 e. The normalized spacial score (nSPS) is 16.2. The lowest BCUT2D eigenvalue weighted by Crippen LogP contribution is -2.07. The van der Waals surface area contributed by atoms with Crippen LogP contribution in [-0.2, 0) is 18.6 Å². The summed E-state index contributed by atoms with van der Waals surface area (Å²) in [6, 6.07) is 12.0. The largest absolute Gasteiger partial charge is 0.410 e. The van der Waals surface area contributed by atoms with Gasteiger partial charge in [0.15, 0.2) is 5.82 Å². The van der Waals surface area contributed by atoms with Gasteiger partial charge in [-0.25, -0.2) is 0 Å². The Bertz CT molecular complexity index is 1090. The molecule has 0 saturated heterocycles. The van der Waals surface area contributed by atoms with E-state index in [-0.39, 0.29) is 0 Å². The summed E-state index contributed by atoms with van der Waals surface area (Å²) in [7, 11) is 0. The van der Waals surface area contributed by atoms with Gasteiger partial charge < -0.3 is 4.42 Å². The summed E-state index contributed by atoms with van der Waals surface area (Å²) in [5.41, 5.74) is 2.36. The molecule has 0 amide bonds. The third-order valence-corrected chi connectivity index (χ3v) is 6.85. The van der Waals surface area contributed by atoms with Crippen LogP contribution in [0.15, 0.2) is 46.0 Å². The lowest BCUT2D eigenvalue weighted by molar-refractivity contribution is 0.466. The average Bonchev–Trinajstić information content (AvgIpc) is 3.45. The van der Waals surface area contributed by atoms with E-state index in [4.69, 9.17) is 4.42 Å². The number of hydrogen-bond donors (Lipinski definition) is 0. The Hall–Kier alpha value is -2.52. The fourth-order valence-electron chi connectivity index (χ4n) is 3.37. The van der Waals surface area contributed by atoms with Crippen molar-refractivity contribution in [1.29, 1.82) is 0 Å². The van der Waals surface area contributed by atoms with E-state index in [1.807, 2.05) is 30.3 Å². The molecule has 1 unspecified atom stereocenters. The van der Waals surface area contributed by atoms with Crippen molar-refractivity contribution in [2.45, 2.75) is 37.2 Å². The summed E-state index contributed by atoms with van der Waals surface area (Å²) >= 11 is 3.22. The molecule has 0 radical (unpaired) electrons. The number of hydrogen-bond acceptors (Lipinski definition) is 8. The summed E-state index contributed by atoms with van der Waals surface area (Å²) in [5, 5.41) is 20.9. The first-order valence-electron chi connectivity index (χ1n) is 9.17. The van der Waals surface area contributed by atoms with Gasteiger partial charge in [-0.15, -0.1) is 26.6 Å². The van der Waals surface area contributed by atoms with E-state index in [9.17, 15) is 0 Å². The van der Waals surface area contributed by atoms with Crippen LogP contribution in [0.25, 0.3) is 16.5 Å². The molecule has 4 aromatic rings. The van der Waals surface area contributed by atoms with Crippen LogP contribution in [0.2, 0.25) is 0 Å². The van der Waals surface area contributed by atoms with Crippen LogP contribution in [0.1, 0.15) is 29.6 Å². The maximum absolute atomic E-state index is 5.89. The van der Waals surface area contributed by atoms with Crippen molar-refractivity contribution in [3.05, 3.63) is 52.7 Å². The topological polar surface area (TPSA) is 82.5 Å². The minimum absolute atomic E-state index is 0.525. The van der Waals surface area contributed by atoms with Gasteiger partial charge in [-0.2, -0.15) is 4.68 Å². The Morgan fingerprint density at radius 1 is 1.21 bits per heavy atom. The summed E-state index contributed by atoms with van der Waals surface area (Å²) in [6.07, 6.45) is 3.55. The molecule has 1 aromatic carbocycles. The van der Waals surface area contributed by atoms with Crippen LogP contribution in [0.3, 0.4) is 0 Å². The Morgan fingerprint density at radius 2 is 2.11 bits per heavy atom. The van der Waals surface area contributed by atoms with Gasteiger partial charge in [-0.1, -0.05) is 36.9 Å². The SMILES string of the molecule is CC1CCc2sc(-c3nnc(SCc4nnnn4-c4ccccc4)o3)cc2C1. The number of para-hydroxylation sites is 1. The smallest absolute Gasteiger partial charge is 0.277 e. The zero-order valence-electron chi connectivity index (χ0n) is 15.3. The van der Waals surface area contributed by atoms with Crippen LogP contribution in [0, 0.1) is 5.92 Å². The number of aryl methyl sites for hydroxylation is 1. The van der Waals surface area contributed by atoms with Gasteiger partial charge in [0.1, 0.15) is 0 Å². The first-order chi connectivity index (χ1) is 13.8. The molecule has 0 bridgehead atoms. The number of fused-ring (bicyclic) bond motifs is 1. The Labute approximate surface area is 170 Å². The molecule has 3 aromatic heterocycles. The van der Waals surface area contributed by atoms with Crippen LogP contribution < -0.4 is 0 Å². The second kappa shape index (κ2) is 7.48. The van der Waals surface area contributed by atoms with E-state index in [2.05, 4.69) is 38.7 Å². The number of rotatable bonds is 5. The van der Waals surface area contributed by atoms with Gasteiger partial charge in [0.25, 0.3) is 11.1 Å². The highest BCUT2D eigenvalue weighted by atomic mass is 32.2. The highest BCUT2D eigenvalue weighted by Gasteiger charge is 2.21. The lowest BCUT2D eigenvalue weighted by atomic mass is 9.90. The fourth-order valence-corrected chi connectivity index (χ4v) is 5.17. The highest BCUT2D eigenvalue weighted by molar-refractivity contribution is 7.98. The van der Waals surface area contributed by atoms with Gasteiger partial charge in [0.05, 0.1) is 16.3 Å². The van der Waals surface area contributed by atoms with E-state index >= 15 is 0 Å². The second-order valence-electron chi connectivity index (χ2n) is 6.91. The zero-order valence-corrected chi connectivity index (χ0v) is 16.9. The van der Waals surface area contributed by atoms with Gasteiger partial charge >= 0.3 is 0 Å². The molecule has 0 aliphatic heterocycles. The predicted octanol–water partition coefficient (Wildman–Crippen LogP) is 4.19. The molecule has 1 aliphatic rings. The highest BCUT2D eigenvalue weighted by Crippen LogP contribution is 2.37. The van der Waals surface area contributed by atoms with E-state index in [1.54, 1.807) is 16.0 Å². The molecule has 28 heavy (non-hydrogen) atoms. The zero-order chi connectivity index (χ0) is 18.9. The molecule has 0 saturated carbocycles. The van der Waals surface area contributed by atoms with Crippen molar-refractivity contribution in [2.75, 3.05) is 0 Å². The maximum Gasteiger partial charge on any atom is 0.277 e. The van der Waals surface area contributed by atoms with Crippen molar-refractivity contribution < 1.29 is 4.42 Å². The summed E-state index contributed by atoms with van der Waals surface area (Å²) in [5.74, 6) is 2.62. The minimum atomic E-state index is 0.525. The average molecular weight is 411 g/mol. The number of nitrogens with zero attached hydrogens (tertiary/aromatic N) is 6. The van der Waals surface area contributed by atoms with Crippen molar-refractivity contribution in [3.63, 3.8) is 0 Å². The summed E-state index contributed by atoms with van der Waals surface area (Å²) < 4.78 is 7.61. The van der Waals surface area contributed by atoms with Crippen LogP contribution in [0.5, 0.6) is 0 Å². The standard InChI is InChI=1S/C19H18N6OS2/c1-12-7-8-15-13(9-12)10-16(28-15)18-21-22-19(26-18)27-11-17-20-23-24-25(17)14-5-3-2-4-6-14/h2-6,10,12H,7-9,11H2,1H3. The molecule has 1 aliphatic carbocycles. The van der Waals surface area contributed by atoms with E-state index in [0.29, 0.717) is 16.9 Å². The number of tetrazole rings is 1. The third-order valence-electron chi connectivity index (χ3n) is 4.81. The molecule has 0 spiro atoms. The quantitative estimate of drug-likeness (QED) is 0.456. The molecule has 7 nitrogen and oxygen atoms in total. The molecule has 5 rings (SSSR count). The Morgan fingerprint density at radius 3 is 3.00 bits per heavy atom. The van der Waals surface area contributed by atoms with Crippen molar-refractivity contribution >= 4 is 23.1 Å². The van der Waals surface area contributed by atoms with Gasteiger partial charge in [0, 0.05) is 4.88 Å². The molecular weight excluding hydrogens is 392 g/mol. The van der Waals surface area contributed by atoms with Crippen LogP contribution >= 0.6 is 23.1 Å². The predicted molar refractivity (Wildman–Crippen MR) is 108 cm³/mol. The number of benzene rings is 1. The van der Waals surface area contributed by atoms with Crippen molar-refractivity contribution in [2.24, 2.45) is 5.92 Å². The van der Waals surface area contributed by atoms with Gasteiger partial charge in [-0.05, 0) is 59.4 Å². The van der Waals surface area contributed by atoms with Crippen molar-refractivity contribution in [1.82, 2.24) is 30.4 Å². The van der Waals surface area contributed by atoms with E-state index in [1.165, 1.54) is 28.6 Å². The van der Waals surface area contributed by atoms with Crippen LogP contribution in [-0.4, -0.2) is 30.4 Å². The second-order valence-corrected chi connectivity index (χ2v) is 8.97. The number of thioether (sulfide) groups is 1. The molecule has 3 heterocycles. The van der Waals surface area contributed by atoms with Gasteiger partial charge in [0.2, 0.25) is 0 Å². The lowest BCUT2D eigenvalue weighted by Gasteiger charge is -2.16. The van der Waals surface area contributed by atoms with Crippen molar-refractivity contribution in [3.8, 4) is 16.5 Å². The fraction of sp³-hybridized carbons (Fsp3) is 0.316. The summed E-state index contributed by atoms with van der Waals surface area (Å²) in [6.45, 7) is 2.31. The number of thiophene rings is 1. The molecule has 9 heteroatoms. The van der Waals surface area contributed by atoms with E-state index < -0.39 is 0 Å². The molecule has 0 N–H and O–H groups in total. The first kappa shape index (κ1) is 17.6. The Balaban J connectivity index is 1.30. The van der Waals surface area contributed by atoms with E-state index in [0.717, 1.165) is 35.1 Å². The molecular formula is C19H18N6OS2. The number of aromatic nitrogens is 6. The Kier molecular flexibility index (Phi) is 4.69. The molecule has 0 fully saturated rings. The molecule has 142 valence electrons. The first-order valence-corrected chi connectivity index (χ1v) is 11.0. The maximum atomic E-state index is 5.89.